The van der Waals surface area contributed by atoms with Gasteiger partial charge in [-0.1, -0.05) is 243 Å². The van der Waals surface area contributed by atoms with Gasteiger partial charge in [-0.15, -0.1) is 0 Å². The standard InChI is InChI=1S/C25H16.C13H10.C8H13N3.6C2H6/c1-5-13-21-17(9-1)18-10-2-6-14-22(18)25(21)23-15-7-3-11-19(23)20-12-4-8-16-24(20)25;1-3-7-12-10(5-1)9-11-6-2-4-8-13(11)12;1-4-7-9-6(3)10-8(5-2)11-7;6*1-2/h1-16H;1-8H,9H2;4-5H2,1-3H3;6*1-2H3. The summed E-state index contributed by atoms with van der Waals surface area (Å²) in [6.45, 7) is 30.0. The Morgan fingerprint density at radius 1 is 0.344 bits per heavy atom. The molecule has 0 atom stereocenters. The second-order valence-electron chi connectivity index (χ2n) is 12.8. The second kappa shape index (κ2) is 27.2. The van der Waals surface area contributed by atoms with Crippen molar-refractivity contribution in [1.29, 1.82) is 0 Å². The minimum atomic E-state index is -0.180. The number of rotatable bonds is 2. The van der Waals surface area contributed by atoms with Crippen LogP contribution in [-0.4, -0.2) is 15.0 Å². The molecule has 10 rings (SSSR count). The Kier molecular flexibility index (Phi) is 23.0. The summed E-state index contributed by atoms with van der Waals surface area (Å²) < 4.78 is 0. The zero-order chi connectivity index (χ0) is 45.4. The van der Waals surface area contributed by atoms with E-state index in [2.05, 4.69) is 161 Å². The minimum Gasteiger partial charge on any atom is -0.218 e. The maximum absolute atomic E-state index is 4.25. The molecule has 61 heavy (non-hydrogen) atoms. The van der Waals surface area contributed by atoms with Crippen LogP contribution in [0, 0.1) is 6.92 Å². The second-order valence-corrected chi connectivity index (χ2v) is 12.8. The van der Waals surface area contributed by atoms with Gasteiger partial charge in [-0.05, 0) is 80.1 Å². The summed E-state index contributed by atoms with van der Waals surface area (Å²) in [7, 11) is 0. The van der Waals surface area contributed by atoms with E-state index < -0.39 is 0 Å². The highest BCUT2D eigenvalue weighted by Gasteiger charge is 2.51. The van der Waals surface area contributed by atoms with Crippen molar-refractivity contribution >= 4 is 0 Å². The first-order valence-electron chi connectivity index (χ1n) is 23.4. The van der Waals surface area contributed by atoms with Crippen LogP contribution in [-0.2, 0) is 24.7 Å². The molecule has 0 saturated carbocycles. The Morgan fingerprint density at radius 3 is 0.869 bits per heavy atom. The Balaban J connectivity index is 0.000000303. The van der Waals surface area contributed by atoms with Crippen molar-refractivity contribution in [2.24, 2.45) is 0 Å². The van der Waals surface area contributed by atoms with E-state index in [1.54, 1.807) is 0 Å². The Hall–Kier alpha value is -5.67. The third-order valence-corrected chi connectivity index (χ3v) is 10.1. The Morgan fingerprint density at radius 2 is 0.590 bits per heavy atom. The van der Waals surface area contributed by atoms with Crippen LogP contribution >= 0.6 is 0 Å². The lowest BCUT2D eigenvalue weighted by molar-refractivity contribution is 0.794. The van der Waals surface area contributed by atoms with Crippen molar-refractivity contribution in [3.63, 3.8) is 0 Å². The van der Waals surface area contributed by atoms with Crippen molar-refractivity contribution in [1.82, 2.24) is 15.0 Å². The van der Waals surface area contributed by atoms with Gasteiger partial charge >= 0.3 is 0 Å². The SMILES string of the molecule is CC.CC.CC.CC.CC.CC.CCc1nc(C)nc(CC)n1.c1ccc2c(c1)-c1ccccc1C21c2ccccc2-c2ccccc21.c1ccc2c(c1)Cc1ccccc1-2. The maximum atomic E-state index is 4.25. The molecule has 0 amide bonds. The summed E-state index contributed by atoms with van der Waals surface area (Å²) in [5.74, 6) is 2.62. The lowest BCUT2D eigenvalue weighted by Crippen LogP contribution is -2.25. The molecule has 0 N–H and O–H groups in total. The van der Waals surface area contributed by atoms with Crippen molar-refractivity contribution in [3.05, 3.63) is 196 Å². The number of aryl methyl sites for hydroxylation is 3. The molecule has 322 valence electrons. The van der Waals surface area contributed by atoms with Crippen LogP contribution in [0.1, 0.15) is 148 Å². The lowest BCUT2D eigenvalue weighted by Gasteiger charge is -2.30. The van der Waals surface area contributed by atoms with Crippen LogP contribution in [0.5, 0.6) is 0 Å². The van der Waals surface area contributed by atoms with E-state index in [1.807, 2.05) is 104 Å². The first-order chi connectivity index (χ1) is 30.1. The van der Waals surface area contributed by atoms with Gasteiger partial charge < -0.3 is 0 Å². The molecule has 0 fully saturated rings. The molecule has 6 aromatic carbocycles. The number of aromatic nitrogens is 3. The van der Waals surface area contributed by atoms with Crippen molar-refractivity contribution in [2.75, 3.05) is 0 Å². The van der Waals surface area contributed by atoms with Crippen molar-refractivity contribution < 1.29 is 0 Å². The molecule has 3 heteroatoms. The van der Waals surface area contributed by atoms with E-state index in [-0.39, 0.29) is 5.41 Å². The van der Waals surface area contributed by atoms with E-state index in [0.717, 1.165) is 36.7 Å². The molecule has 1 spiro atoms. The molecular weight excluding hydrogens is 739 g/mol. The number of fused-ring (bicyclic) bond motifs is 13. The van der Waals surface area contributed by atoms with Crippen LogP contribution in [0.4, 0.5) is 0 Å². The molecule has 0 bridgehead atoms. The molecule has 0 radical (unpaired) electrons. The summed E-state index contributed by atoms with van der Waals surface area (Å²) in [6, 6.07) is 53.0. The van der Waals surface area contributed by atoms with Crippen molar-refractivity contribution in [3.8, 4) is 33.4 Å². The molecule has 3 aliphatic rings. The van der Waals surface area contributed by atoms with E-state index in [1.165, 1.54) is 66.8 Å². The average Bonchev–Trinajstić information content (AvgIpc) is 4.00. The highest BCUT2D eigenvalue weighted by atomic mass is 15.0. The fraction of sp³-hybridized carbons (Fsp3) is 0.328. The molecule has 1 heterocycles. The molecule has 3 nitrogen and oxygen atoms in total. The first-order valence-corrected chi connectivity index (χ1v) is 23.4. The smallest absolute Gasteiger partial charge is 0.132 e. The topological polar surface area (TPSA) is 38.7 Å². The average molecular weight is 814 g/mol. The van der Waals surface area contributed by atoms with Gasteiger partial charge in [0.15, 0.2) is 0 Å². The van der Waals surface area contributed by atoms with Gasteiger partial charge in [-0.2, -0.15) is 0 Å². The van der Waals surface area contributed by atoms with E-state index in [0.29, 0.717) is 0 Å². The van der Waals surface area contributed by atoms with Gasteiger partial charge in [0.25, 0.3) is 0 Å². The normalized spacial score (nSPS) is 11.1. The quantitative estimate of drug-likeness (QED) is 0.174. The highest BCUT2D eigenvalue weighted by Crippen LogP contribution is 2.62. The predicted octanol–water partition coefficient (Wildman–Crippen LogP) is 16.7. The number of nitrogens with zero attached hydrogens (tertiary/aromatic N) is 3. The molecule has 0 saturated heterocycles. The van der Waals surface area contributed by atoms with Gasteiger partial charge in [0, 0.05) is 12.8 Å². The maximum Gasteiger partial charge on any atom is 0.132 e. The Bertz CT molecular complexity index is 2070. The van der Waals surface area contributed by atoms with Gasteiger partial charge in [-0.25, -0.2) is 15.0 Å². The third-order valence-electron chi connectivity index (χ3n) is 10.1. The minimum absolute atomic E-state index is 0.180. The fourth-order valence-corrected chi connectivity index (χ4v) is 8.04. The van der Waals surface area contributed by atoms with Gasteiger partial charge in [0.05, 0.1) is 5.41 Å². The molecular formula is C58H75N3. The first kappa shape index (κ1) is 51.5. The number of benzene rings is 6. The summed E-state index contributed by atoms with van der Waals surface area (Å²) in [4.78, 5) is 12.6. The van der Waals surface area contributed by atoms with Crippen LogP contribution in [0.2, 0.25) is 0 Å². The summed E-state index contributed by atoms with van der Waals surface area (Å²) >= 11 is 0. The fourth-order valence-electron chi connectivity index (χ4n) is 8.04. The van der Waals surface area contributed by atoms with E-state index in [9.17, 15) is 0 Å². The summed E-state index contributed by atoms with van der Waals surface area (Å²) in [6.07, 6.45) is 2.87. The van der Waals surface area contributed by atoms with Crippen LogP contribution < -0.4 is 0 Å². The third kappa shape index (κ3) is 11.0. The lowest BCUT2D eigenvalue weighted by atomic mass is 9.70. The van der Waals surface area contributed by atoms with E-state index in [4.69, 9.17) is 0 Å². The molecule has 0 unspecified atom stereocenters. The van der Waals surface area contributed by atoms with Gasteiger partial charge in [-0.3, -0.25) is 0 Å². The van der Waals surface area contributed by atoms with Gasteiger partial charge in [0.2, 0.25) is 0 Å². The number of hydrogen-bond donors (Lipinski definition) is 0. The molecule has 0 aliphatic heterocycles. The number of hydrogen-bond acceptors (Lipinski definition) is 3. The predicted molar refractivity (Wildman–Crippen MR) is 269 cm³/mol. The molecule has 1 aromatic heterocycles. The molecule has 7 aromatic rings. The van der Waals surface area contributed by atoms with E-state index >= 15 is 0 Å². The molecule has 3 aliphatic carbocycles. The van der Waals surface area contributed by atoms with Crippen LogP contribution in [0.15, 0.2) is 146 Å². The van der Waals surface area contributed by atoms with Crippen LogP contribution in [0.25, 0.3) is 33.4 Å². The zero-order valence-corrected chi connectivity index (χ0v) is 40.3. The monoisotopic (exact) mass is 814 g/mol. The zero-order valence-electron chi connectivity index (χ0n) is 40.3. The largest absolute Gasteiger partial charge is 0.218 e. The summed E-state index contributed by atoms with van der Waals surface area (Å²) in [5, 5.41) is 0. The van der Waals surface area contributed by atoms with Crippen molar-refractivity contribution in [2.45, 2.75) is 129 Å². The Labute approximate surface area is 371 Å². The summed E-state index contributed by atoms with van der Waals surface area (Å²) in [5.41, 5.74) is 16.7. The highest BCUT2D eigenvalue weighted by molar-refractivity contribution is 5.94. The van der Waals surface area contributed by atoms with Crippen LogP contribution in [0.3, 0.4) is 0 Å². The van der Waals surface area contributed by atoms with Gasteiger partial charge in [0.1, 0.15) is 17.5 Å².